The molecule has 0 aromatic heterocycles. The highest BCUT2D eigenvalue weighted by atomic mass is 31.2. The third-order valence-electron chi connectivity index (χ3n) is 10.1. The molecule has 0 N–H and O–H groups in total. The second-order valence-electron chi connectivity index (χ2n) is 17.1. The smallest absolute Gasteiger partial charge is 0.306 e. The van der Waals surface area contributed by atoms with Crippen molar-refractivity contribution in [2.24, 2.45) is 0 Å². The van der Waals surface area contributed by atoms with Crippen molar-refractivity contribution in [3.63, 3.8) is 0 Å². The van der Waals surface area contributed by atoms with Crippen LogP contribution in [0.4, 0.5) is 0 Å². The van der Waals surface area contributed by atoms with Crippen molar-refractivity contribution in [1.82, 2.24) is 0 Å². The number of phosphoric acid groups is 1. The van der Waals surface area contributed by atoms with E-state index in [2.05, 4.69) is 50.3 Å². The number of unbranched alkanes of at least 4 members (excludes halogenated alkanes) is 23. The molecule has 0 aliphatic rings. The normalized spacial score (nSPS) is 13.8. The van der Waals surface area contributed by atoms with E-state index < -0.39 is 26.5 Å². The first-order chi connectivity index (χ1) is 28.0. The quantitative estimate of drug-likeness (QED) is 0.0196. The summed E-state index contributed by atoms with van der Waals surface area (Å²) >= 11 is 0. The Morgan fingerprint density at radius 3 is 1.41 bits per heavy atom. The summed E-state index contributed by atoms with van der Waals surface area (Å²) in [5.41, 5.74) is 0. The summed E-state index contributed by atoms with van der Waals surface area (Å²) in [4.78, 5) is 37.6. The predicted molar refractivity (Wildman–Crippen MR) is 241 cm³/mol. The van der Waals surface area contributed by atoms with Crippen molar-refractivity contribution in [3.8, 4) is 0 Å². The van der Waals surface area contributed by atoms with Crippen LogP contribution in [0.1, 0.15) is 206 Å². The second kappa shape index (κ2) is 40.6. The van der Waals surface area contributed by atoms with E-state index in [4.69, 9.17) is 18.5 Å². The van der Waals surface area contributed by atoms with Crippen LogP contribution < -0.4 is 4.89 Å². The van der Waals surface area contributed by atoms with E-state index in [1.165, 1.54) is 116 Å². The topological polar surface area (TPSA) is 111 Å². The lowest BCUT2D eigenvalue weighted by molar-refractivity contribution is -0.870. The molecule has 0 spiro atoms. The molecule has 0 amide bonds. The highest BCUT2D eigenvalue weighted by Crippen LogP contribution is 2.38. The molecule has 1 unspecified atom stereocenters. The molecule has 58 heavy (non-hydrogen) atoms. The van der Waals surface area contributed by atoms with Crippen LogP contribution in [0, 0.1) is 0 Å². The maximum absolute atomic E-state index is 12.7. The number of hydrogen-bond acceptors (Lipinski definition) is 8. The maximum atomic E-state index is 12.7. The summed E-state index contributed by atoms with van der Waals surface area (Å²) in [6.45, 7) is 4.19. The number of rotatable bonds is 43. The molecule has 0 radical (unpaired) electrons. The summed E-state index contributed by atoms with van der Waals surface area (Å²) in [6.07, 6.45) is 45.9. The van der Waals surface area contributed by atoms with E-state index in [1.807, 2.05) is 21.1 Å². The monoisotopic (exact) mass is 840 g/mol. The molecular weight excluding hydrogens is 750 g/mol. The molecular formula is C48H90NO8P. The predicted octanol–water partition coefficient (Wildman–Crippen LogP) is 13.1. The van der Waals surface area contributed by atoms with Crippen molar-refractivity contribution in [3.05, 3.63) is 36.5 Å². The average molecular weight is 840 g/mol. The van der Waals surface area contributed by atoms with Crippen molar-refractivity contribution < 1.29 is 42.1 Å². The number of esters is 2. The Bertz CT molecular complexity index is 1090. The fraction of sp³-hybridized carbons (Fsp3) is 0.833. The summed E-state index contributed by atoms with van der Waals surface area (Å²) in [7, 11) is 1.16. The molecule has 9 nitrogen and oxygen atoms in total. The van der Waals surface area contributed by atoms with E-state index in [9.17, 15) is 19.0 Å². The fourth-order valence-electron chi connectivity index (χ4n) is 6.39. The summed E-state index contributed by atoms with van der Waals surface area (Å²) in [5.74, 6) is -0.841. The van der Waals surface area contributed by atoms with Gasteiger partial charge < -0.3 is 27.9 Å². The minimum atomic E-state index is -4.63. The van der Waals surface area contributed by atoms with Gasteiger partial charge in [0.2, 0.25) is 0 Å². The van der Waals surface area contributed by atoms with E-state index in [1.54, 1.807) is 0 Å². The zero-order valence-corrected chi connectivity index (χ0v) is 39.1. The van der Waals surface area contributed by atoms with Crippen LogP contribution in [0.15, 0.2) is 36.5 Å². The summed E-state index contributed by atoms with van der Waals surface area (Å²) in [5, 5.41) is 0. The van der Waals surface area contributed by atoms with Gasteiger partial charge in [-0.25, -0.2) is 0 Å². The van der Waals surface area contributed by atoms with Crippen molar-refractivity contribution in [1.29, 1.82) is 0 Å². The largest absolute Gasteiger partial charge is 0.756 e. The Labute approximate surface area is 357 Å². The van der Waals surface area contributed by atoms with Gasteiger partial charge >= 0.3 is 11.9 Å². The van der Waals surface area contributed by atoms with Gasteiger partial charge in [0.15, 0.2) is 6.10 Å². The van der Waals surface area contributed by atoms with Gasteiger partial charge in [0.25, 0.3) is 7.82 Å². The molecule has 10 heteroatoms. The lowest BCUT2D eigenvalue weighted by atomic mass is 10.1. The highest BCUT2D eigenvalue weighted by molar-refractivity contribution is 7.45. The van der Waals surface area contributed by atoms with Crippen molar-refractivity contribution in [2.75, 3.05) is 47.5 Å². The molecule has 340 valence electrons. The maximum Gasteiger partial charge on any atom is 0.306 e. The van der Waals surface area contributed by atoms with Crippen LogP contribution in [0.3, 0.4) is 0 Å². The van der Waals surface area contributed by atoms with E-state index >= 15 is 0 Å². The molecule has 0 aliphatic heterocycles. The van der Waals surface area contributed by atoms with E-state index in [-0.39, 0.29) is 32.0 Å². The van der Waals surface area contributed by atoms with Crippen LogP contribution in [-0.4, -0.2) is 70.0 Å². The van der Waals surface area contributed by atoms with Gasteiger partial charge in [-0.2, -0.15) is 0 Å². The summed E-state index contributed by atoms with van der Waals surface area (Å²) in [6, 6.07) is 0. The lowest BCUT2D eigenvalue weighted by Gasteiger charge is -2.28. The number of allylic oxidation sites excluding steroid dienone is 6. The third-order valence-corrected chi connectivity index (χ3v) is 11.1. The lowest BCUT2D eigenvalue weighted by Crippen LogP contribution is -2.37. The van der Waals surface area contributed by atoms with Gasteiger partial charge in [0, 0.05) is 12.8 Å². The average Bonchev–Trinajstić information content (AvgIpc) is 3.17. The minimum absolute atomic E-state index is 0.0322. The van der Waals surface area contributed by atoms with Crippen molar-refractivity contribution >= 4 is 19.8 Å². The molecule has 0 saturated heterocycles. The van der Waals surface area contributed by atoms with E-state index in [0.29, 0.717) is 17.4 Å². The number of carbonyl (C=O) groups is 2. The fourth-order valence-corrected chi connectivity index (χ4v) is 7.11. The Morgan fingerprint density at radius 2 is 0.931 bits per heavy atom. The van der Waals surface area contributed by atoms with Crippen molar-refractivity contribution in [2.45, 2.75) is 213 Å². The second-order valence-corrected chi connectivity index (χ2v) is 18.5. The third kappa shape index (κ3) is 43.8. The van der Waals surface area contributed by atoms with Crippen LogP contribution in [0.25, 0.3) is 0 Å². The minimum Gasteiger partial charge on any atom is -0.756 e. The van der Waals surface area contributed by atoms with Crippen LogP contribution >= 0.6 is 7.82 Å². The summed E-state index contributed by atoms with van der Waals surface area (Å²) < 4.78 is 34.0. The molecule has 2 atom stereocenters. The Hall–Kier alpha value is -1.77. The first kappa shape index (κ1) is 56.2. The number of ether oxygens (including phenoxy) is 2. The molecule has 0 saturated carbocycles. The molecule has 0 aromatic rings. The van der Waals surface area contributed by atoms with Gasteiger partial charge in [0.1, 0.15) is 19.8 Å². The van der Waals surface area contributed by atoms with Gasteiger partial charge in [0.05, 0.1) is 27.7 Å². The number of carbonyl (C=O) groups excluding carboxylic acids is 2. The first-order valence-corrected chi connectivity index (χ1v) is 25.2. The number of likely N-dealkylation sites (N-methyl/N-ethyl adjacent to an activating group) is 1. The van der Waals surface area contributed by atoms with Crippen LogP contribution in [0.2, 0.25) is 0 Å². The zero-order valence-electron chi connectivity index (χ0n) is 38.2. The van der Waals surface area contributed by atoms with Gasteiger partial charge in [-0.1, -0.05) is 159 Å². The molecule has 0 aromatic carbocycles. The molecule has 0 heterocycles. The van der Waals surface area contributed by atoms with Gasteiger partial charge in [-0.05, 0) is 70.6 Å². The number of nitrogens with zero attached hydrogens (tertiary/aromatic N) is 1. The highest BCUT2D eigenvalue weighted by Gasteiger charge is 2.21. The zero-order chi connectivity index (χ0) is 42.8. The number of quaternary nitrogens is 1. The van der Waals surface area contributed by atoms with Crippen LogP contribution in [-0.2, 0) is 32.7 Å². The molecule has 0 aliphatic carbocycles. The Kier molecular flexibility index (Phi) is 39.4. The first-order valence-electron chi connectivity index (χ1n) is 23.7. The van der Waals surface area contributed by atoms with Gasteiger partial charge in [-0.3, -0.25) is 14.2 Å². The standard InChI is InChI=1S/C48H90NO8P/c1-6-8-10-12-14-16-18-20-22-23-24-25-27-28-30-32-34-36-38-40-47(50)54-44-46(45-56-58(52,53)55-43-42-49(3,4)5)57-48(51)41-39-37-35-33-31-29-26-21-19-17-15-13-11-9-7-2/h14,16-17,19-20,22,46H,6-13,15,18,21,23-45H2,1-5H3/b16-14-,19-17-,22-20-/t46-/m1/s1. The Morgan fingerprint density at radius 1 is 0.534 bits per heavy atom. The van der Waals surface area contributed by atoms with E-state index in [0.717, 1.165) is 57.8 Å². The van der Waals surface area contributed by atoms with Gasteiger partial charge in [-0.15, -0.1) is 0 Å². The van der Waals surface area contributed by atoms with Crippen LogP contribution in [0.5, 0.6) is 0 Å². The number of hydrogen-bond donors (Lipinski definition) is 0. The molecule has 0 rings (SSSR count). The number of phosphoric ester groups is 1. The molecule has 0 fully saturated rings. The Balaban J connectivity index is 4.30. The molecule has 0 bridgehead atoms. The SMILES string of the molecule is CCCCC/C=C\C/C=C\CCCCCCCCCCCC(=O)OC[C@H](COP(=O)([O-])OCC[N+](C)(C)C)OC(=O)CCCCCCCCC/C=C\CCCCCC.